The molecule has 2 N–H and O–H groups in total. The van der Waals surface area contributed by atoms with E-state index in [4.69, 9.17) is 0 Å². The Morgan fingerprint density at radius 1 is 1.18 bits per heavy atom. The average Bonchev–Trinajstić information content (AvgIpc) is 2.59. The van der Waals surface area contributed by atoms with Gasteiger partial charge < -0.3 is 15.3 Å². The summed E-state index contributed by atoms with van der Waals surface area (Å²) in [6, 6.07) is 0. The minimum absolute atomic E-state index is 0.613. The van der Waals surface area contributed by atoms with E-state index in [9.17, 15) is 9.90 Å². The monoisotopic (exact) mass is 241 g/mol. The van der Waals surface area contributed by atoms with Gasteiger partial charge in [0, 0.05) is 32.7 Å². The number of hydrogen-bond acceptors (Lipinski definition) is 4. The SMILES string of the molecule is CN1CCC(C(=O)O)(N2CCCNCC2)CC1. The van der Waals surface area contributed by atoms with E-state index >= 15 is 0 Å². The quantitative estimate of drug-likeness (QED) is 0.703. The third-order valence-corrected chi connectivity index (χ3v) is 4.16. The Bertz CT molecular complexity index is 267. The number of hydrogen-bond donors (Lipinski definition) is 2. The van der Waals surface area contributed by atoms with E-state index in [-0.39, 0.29) is 0 Å². The summed E-state index contributed by atoms with van der Waals surface area (Å²) in [4.78, 5) is 16.1. The number of carboxylic acid groups (broad SMARTS) is 1. The fourth-order valence-corrected chi connectivity index (χ4v) is 2.93. The molecule has 5 nitrogen and oxygen atoms in total. The predicted molar refractivity (Wildman–Crippen MR) is 66.2 cm³/mol. The zero-order chi connectivity index (χ0) is 12.3. The number of carboxylic acids is 1. The number of rotatable bonds is 2. The lowest BCUT2D eigenvalue weighted by atomic mass is 9.85. The summed E-state index contributed by atoms with van der Waals surface area (Å²) in [6.45, 7) is 5.45. The minimum atomic E-state index is -0.632. The molecule has 0 unspecified atom stereocenters. The smallest absolute Gasteiger partial charge is 0.324 e. The second-order valence-electron chi connectivity index (χ2n) is 5.23. The molecule has 2 fully saturated rings. The van der Waals surface area contributed by atoms with Gasteiger partial charge in [0.15, 0.2) is 0 Å². The standard InChI is InChI=1S/C12H23N3O2/c1-14-8-3-12(4-9-14,11(16)17)15-7-2-5-13-6-10-15/h13H,2-10H2,1H3,(H,16,17). The van der Waals surface area contributed by atoms with Crippen LogP contribution in [0.25, 0.3) is 0 Å². The highest BCUT2D eigenvalue weighted by atomic mass is 16.4. The normalized spacial score (nSPS) is 27.6. The second-order valence-corrected chi connectivity index (χ2v) is 5.23. The molecule has 0 saturated carbocycles. The number of nitrogens with one attached hydrogen (secondary N) is 1. The van der Waals surface area contributed by atoms with Crippen molar-refractivity contribution in [3.8, 4) is 0 Å². The first kappa shape index (κ1) is 12.8. The van der Waals surface area contributed by atoms with Gasteiger partial charge in [-0.05, 0) is 32.9 Å². The van der Waals surface area contributed by atoms with Crippen LogP contribution in [-0.2, 0) is 4.79 Å². The summed E-state index contributed by atoms with van der Waals surface area (Å²) in [5, 5.41) is 13.0. The van der Waals surface area contributed by atoms with Gasteiger partial charge in [-0.15, -0.1) is 0 Å². The van der Waals surface area contributed by atoms with Gasteiger partial charge in [-0.3, -0.25) is 9.69 Å². The van der Waals surface area contributed by atoms with Gasteiger partial charge in [-0.1, -0.05) is 0 Å². The minimum Gasteiger partial charge on any atom is -0.480 e. The van der Waals surface area contributed by atoms with Crippen molar-refractivity contribution in [3.63, 3.8) is 0 Å². The van der Waals surface area contributed by atoms with Crippen molar-refractivity contribution in [3.05, 3.63) is 0 Å². The molecule has 2 heterocycles. The fraction of sp³-hybridized carbons (Fsp3) is 0.917. The van der Waals surface area contributed by atoms with Crippen molar-refractivity contribution in [2.24, 2.45) is 0 Å². The fourth-order valence-electron chi connectivity index (χ4n) is 2.93. The maximum Gasteiger partial charge on any atom is 0.324 e. The van der Waals surface area contributed by atoms with Gasteiger partial charge in [-0.25, -0.2) is 0 Å². The Hall–Kier alpha value is -0.650. The van der Waals surface area contributed by atoms with Gasteiger partial charge in [-0.2, -0.15) is 0 Å². The van der Waals surface area contributed by atoms with Crippen LogP contribution in [0.2, 0.25) is 0 Å². The van der Waals surface area contributed by atoms with E-state index in [2.05, 4.69) is 22.2 Å². The van der Waals surface area contributed by atoms with E-state index in [1.807, 2.05) is 0 Å². The third kappa shape index (κ3) is 2.61. The summed E-state index contributed by atoms with van der Waals surface area (Å²) in [5.74, 6) is -0.632. The Morgan fingerprint density at radius 2 is 1.88 bits per heavy atom. The maximum atomic E-state index is 11.7. The number of carbonyl (C=O) groups is 1. The van der Waals surface area contributed by atoms with Crippen molar-refractivity contribution in [2.45, 2.75) is 24.8 Å². The molecule has 2 saturated heterocycles. The molecule has 0 bridgehead atoms. The van der Waals surface area contributed by atoms with E-state index in [0.29, 0.717) is 0 Å². The van der Waals surface area contributed by atoms with Gasteiger partial charge in [0.05, 0.1) is 0 Å². The van der Waals surface area contributed by atoms with Crippen LogP contribution in [0.1, 0.15) is 19.3 Å². The number of aliphatic carboxylic acids is 1. The van der Waals surface area contributed by atoms with Crippen LogP contribution in [0, 0.1) is 0 Å². The first-order valence-corrected chi connectivity index (χ1v) is 6.53. The van der Waals surface area contributed by atoms with Crippen LogP contribution in [0.15, 0.2) is 0 Å². The number of piperidine rings is 1. The average molecular weight is 241 g/mol. The number of likely N-dealkylation sites (tertiary alicyclic amines) is 1. The van der Waals surface area contributed by atoms with Crippen molar-refractivity contribution < 1.29 is 9.90 Å². The molecule has 5 heteroatoms. The molecular formula is C12H23N3O2. The summed E-state index contributed by atoms with van der Waals surface area (Å²) in [7, 11) is 2.07. The molecule has 0 aromatic rings. The van der Waals surface area contributed by atoms with Crippen molar-refractivity contribution >= 4 is 5.97 Å². The van der Waals surface area contributed by atoms with Crippen LogP contribution >= 0.6 is 0 Å². The lowest BCUT2D eigenvalue weighted by molar-refractivity contribution is -0.155. The zero-order valence-electron chi connectivity index (χ0n) is 10.6. The maximum absolute atomic E-state index is 11.7. The Balaban J connectivity index is 2.12. The van der Waals surface area contributed by atoms with E-state index in [1.165, 1.54) is 0 Å². The lowest BCUT2D eigenvalue weighted by Crippen LogP contribution is -2.60. The van der Waals surface area contributed by atoms with Crippen molar-refractivity contribution in [2.75, 3.05) is 46.3 Å². The van der Waals surface area contributed by atoms with Crippen molar-refractivity contribution in [1.29, 1.82) is 0 Å². The molecule has 0 atom stereocenters. The molecule has 0 aromatic carbocycles. The molecule has 0 radical (unpaired) electrons. The molecule has 0 spiro atoms. The topological polar surface area (TPSA) is 55.8 Å². The highest BCUT2D eigenvalue weighted by molar-refractivity contribution is 5.79. The molecule has 0 amide bonds. The Kier molecular flexibility index (Phi) is 4.01. The van der Waals surface area contributed by atoms with Gasteiger partial charge >= 0.3 is 5.97 Å². The molecule has 0 aliphatic carbocycles. The third-order valence-electron chi connectivity index (χ3n) is 4.16. The predicted octanol–water partition coefficient (Wildman–Crippen LogP) is -0.169. The van der Waals surface area contributed by atoms with Gasteiger partial charge in [0.2, 0.25) is 0 Å². The first-order valence-electron chi connectivity index (χ1n) is 6.53. The Labute approximate surface area is 103 Å². The number of nitrogens with zero attached hydrogens (tertiary/aromatic N) is 2. The Morgan fingerprint density at radius 3 is 2.53 bits per heavy atom. The summed E-state index contributed by atoms with van der Waals surface area (Å²) in [5.41, 5.74) is -0.613. The van der Waals surface area contributed by atoms with Gasteiger partial charge in [0.25, 0.3) is 0 Å². The van der Waals surface area contributed by atoms with Crippen LogP contribution in [0.4, 0.5) is 0 Å². The van der Waals surface area contributed by atoms with Crippen LogP contribution in [0.5, 0.6) is 0 Å². The van der Waals surface area contributed by atoms with Gasteiger partial charge in [0.1, 0.15) is 5.54 Å². The molecule has 2 aliphatic rings. The highest BCUT2D eigenvalue weighted by Crippen LogP contribution is 2.29. The highest BCUT2D eigenvalue weighted by Gasteiger charge is 2.45. The summed E-state index contributed by atoms with van der Waals surface area (Å²) in [6.07, 6.45) is 2.54. The molecule has 17 heavy (non-hydrogen) atoms. The first-order chi connectivity index (χ1) is 8.15. The van der Waals surface area contributed by atoms with E-state index in [0.717, 1.165) is 58.5 Å². The van der Waals surface area contributed by atoms with Crippen LogP contribution in [0.3, 0.4) is 0 Å². The van der Waals surface area contributed by atoms with Crippen molar-refractivity contribution in [1.82, 2.24) is 15.1 Å². The van der Waals surface area contributed by atoms with Crippen LogP contribution < -0.4 is 5.32 Å². The summed E-state index contributed by atoms with van der Waals surface area (Å²) >= 11 is 0. The van der Waals surface area contributed by atoms with E-state index in [1.54, 1.807) is 0 Å². The molecular weight excluding hydrogens is 218 g/mol. The molecule has 0 aromatic heterocycles. The summed E-state index contributed by atoms with van der Waals surface area (Å²) < 4.78 is 0. The zero-order valence-corrected chi connectivity index (χ0v) is 10.6. The molecule has 2 rings (SSSR count). The van der Waals surface area contributed by atoms with E-state index < -0.39 is 11.5 Å². The second kappa shape index (κ2) is 5.33. The molecule has 2 aliphatic heterocycles. The van der Waals surface area contributed by atoms with Crippen LogP contribution in [-0.4, -0.2) is 72.7 Å². The molecule has 98 valence electrons. The largest absolute Gasteiger partial charge is 0.480 e. The lowest BCUT2D eigenvalue weighted by Gasteiger charge is -2.44.